The number of ether oxygens (including phenoxy) is 1. The van der Waals surface area contributed by atoms with Crippen molar-refractivity contribution >= 4 is 20.8 Å². The summed E-state index contributed by atoms with van der Waals surface area (Å²) in [5.74, 6) is 4.66. The first-order valence-corrected chi connectivity index (χ1v) is 12.0. The van der Waals surface area contributed by atoms with Crippen LogP contribution < -0.4 is 4.74 Å². The molecule has 1 aliphatic carbocycles. The quantitative estimate of drug-likeness (QED) is 0.626. The molecule has 4 rings (SSSR count). The third kappa shape index (κ3) is 3.18. The molecule has 2 aromatic rings. The van der Waals surface area contributed by atoms with Crippen LogP contribution in [0, 0.1) is 5.92 Å². The zero-order valence-electron chi connectivity index (χ0n) is 14.9. The Balaban J connectivity index is 1.63. The molecular formula is C22H30OS. The molecule has 2 aromatic carbocycles. The lowest BCUT2D eigenvalue weighted by Crippen LogP contribution is -2.15. The van der Waals surface area contributed by atoms with Gasteiger partial charge in [-0.25, -0.2) is 10.0 Å². The van der Waals surface area contributed by atoms with Crippen LogP contribution in [0.15, 0.2) is 41.3 Å². The van der Waals surface area contributed by atoms with Gasteiger partial charge in [-0.3, -0.25) is 0 Å². The van der Waals surface area contributed by atoms with Crippen molar-refractivity contribution in [2.24, 2.45) is 5.92 Å². The average Bonchev–Trinajstić information content (AvgIpc) is 3.08. The van der Waals surface area contributed by atoms with Gasteiger partial charge in [0, 0.05) is 5.39 Å². The number of benzene rings is 2. The van der Waals surface area contributed by atoms with E-state index in [0.717, 1.165) is 18.3 Å². The highest BCUT2D eigenvalue weighted by Gasteiger charge is 2.27. The molecule has 2 heteroatoms. The van der Waals surface area contributed by atoms with Gasteiger partial charge in [-0.1, -0.05) is 43.5 Å². The maximum Gasteiger partial charge on any atom is 0.127 e. The summed E-state index contributed by atoms with van der Waals surface area (Å²) in [6.07, 6.45) is 12.2. The molecule has 0 aromatic heterocycles. The molecule has 1 heterocycles. The van der Waals surface area contributed by atoms with Gasteiger partial charge in [0.25, 0.3) is 0 Å². The molecule has 2 fully saturated rings. The summed E-state index contributed by atoms with van der Waals surface area (Å²) in [6.45, 7) is 0.896. The minimum absolute atomic E-state index is 0.617. The third-order valence-corrected chi connectivity index (χ3v) is 9.81. The van der Waals surface area contributed by atoms with Crippen LogP contribution in [0.2, 0.25) is 0 Å². The van der Waals surface area contributed by atoms with Crippen LogP contribution in [0.4, 0.5) is 0 Å². The van der Waals surface area contributed by atoms with Crippen molar-refractivity contribution in [3.63, 3.8) is 0 Å². The Bertz CT molecular complexity index is 696. The van der Waals surface area contributed by atoms with Crippen molar-refractivity contribution in [3.05, 3.63) is 36.4 Å². The predicted molar refractivity (Wildman–Crippen MR) is 107 cm³/mol. The fourth-order valence-electron chi connectivity index (χ4n) is 4.52. The van der Waals surface area contributed by atoms with Crippen molar-refractivity contribution in [2.45, 2.75) is 49.8 Å². The molecule has 1 saturated heterocycles. The monoisotopic (exact) mass is 342 g/mol. The zero-order valence-corrected chi connectivity index (χ0v) is 15.7. The smallest absolute Gasteiger partial charge is 0.127 e. The van der Waals surface area contributed by atoms with Crippen molar-refractivity contribution < 1.29 is 4.74 Å². The van der Waals surface area contributed by atoms with E-state index in [4.69, 9.17) is 4.74 Å². The minimum Gasteiger partial charge on any atom is -0.493 e. The van der Waals surface area contributed by atoms with Crippen LogP contribution in [-0.4, -0.2) is 24.4 Å². The van der Waals surface area contributed by atoms with E-state index >= 15 is 0 Å². The highest BCUT2D eigenvalue weighted by atomic mass is 32.3. The zero-order chi connectivity index (χ0) is 16.4. The minimum atomic E-state index is -0.617. The Labute approximate surface area is 148 Å². The largest absolute Gasteiger partial charge is 0.493 e. The fraction of sp³-hybridized carbons (Fsp3) is 0.545. The van der Waals surface area contributed by atoms with Crippen LogP contribution in [-0.2, 0) is 0 Å². The number of rotatable bonds is 4. The van der Waals surface area contributed by atoms with Crippen LogP contribution in [0.3, 0.4) is 0 Å². The van der Waals surface area contributed by atoms with Gasteiger partial charge >= 0.3 is 0 Å². The summed E-state index contributed by atoms with van der Waals surface area (Å²) in [5, 5.41) is 2.77. The maximum absolute atomic E-state index is 6.32. The van der Waals surface area contributed by atoms with Crippen molar-refractivity contribution in [3.8, 4) is 5.75 Å². The van der Waals surface area contributed by atoms with Gasteiger partial charge in [-0.2, -0.15) is 0 Å². The highest BCUT2D eigenvalue weighted by molar-refractivity contribution is 8.33. The molecule has 2 aliphatic rings. The molecule has 130 valence electrons. The van der Waals surface area contributed by atoms with Crippen LogP contribution in [0.25, 0.3) is 10.8 Å². The Hall–Kier alpha value is -1.15. The van der Waals surface area contributed by atoms with E-state index < -0.39 is 10.0 Å². The van der Waals surface area contributed by atoms with Gasteiger partial charge in [0.15, 0.2) is 0 Å². The lowest BCUT2D eigenvalue weighted by Gasteiger charge is -2.32. The van der Waals surface area contributed by atoms with E-state index in [1.165, 1.54) is 67.2 Å². The van der Waals surface area contributed by atoms with Crippen LogP contribution in [0.5, 0.6) is 5.75 Å². The van der Waals surface area contributed by atoms with Gasteiger partial charge in [0.1, 0.15) is 5.75 Å². The van der Waals surface area contributed by atoms with E-state index in [1.54, 1.807) is 4.90 Å². The molecule has 0 bridgehead atoms. The molecule has 1 aliphatic heterocycles. The van der Waals surface area contributed by atoms with Gasteiger partial charge in [-0.05, 0) is 71.8 Å². The number of hydrogen-bond donors (Lipinski definition) is 0. The lowest BCUT2D eigenvalue weighted by atomic mass is 9.90. The summed E-state index contributed by atoms with van der Waals surface area (Å²) in [5.41, 5.74) is 0. The topological polar surface area (TPSA) is 9.23 Å². The summed E-state index contributed by atoms with van der Waals surface area (Å²) in [4.78, 5) is 1.61. The van der Waals surface area contributed by atoms with Crippen molar-refractivity contribution in [1.29, 1.82) is 0 Å². The molecule has 0 unspecified atom stereocenters. The molecule has 0 spiro atoms. The second-order valence-electron chi connectivity index (χ2n) is 7.81. The number of hydrogen-bond acceptors (Lipinski definition) is 1. The third-order valence-electron chi connectivity index (χ3n) is 6.01. The molecule has 0 atom stereocenters. The second kappa shape index (κ2) is 7.00. The van der Waals surface area contributed by atoms with Gasteiger partial charge in [0.2, 0.25) is 0 Å². The van der Waals surface area contributed by atoms with Gasteiger partial charge in [-0.15, -0.1) is 0 Å². The molecule has 24 heavy (non-hydrogen) atoms. The first-order chi connectivity index (χ1) is 11.8. The summed E-state index contributed by atoms with van der Waals surface area (Å²) in [6, 6.07) is 13.6. The van der Waals surface area contributed by atoms with E-state index in [1.807, 2.05) is 0 Å². The van der Waals surface area contributed by atoms with Gasteiger partial charge < -0.3 is 4.74 Å². The van der Waals surface area contributed by atoms with Crippen LogP contribution >= 0.6 is 10.0 Å². The Morgan fingerprint density at radius 2 is 1.58 bits per heavy atom. The van der Waals surface area contributed by atoms with E-state index in [2.05, 4.69) is 42.7 Å². The van der Waals surface area contributed by atoms with E-state index in [9.17, 15) is 0 Å². The Morgan fingerprint density at radius 3 is 2.33 bits per heavy atom. The Kier molecular flexibility index (Phi) is 4.76. The van der Waals surface area contributed by atoms with E-state index in [0.29, 0.717) is 0 Å². The first kappa shape index (κ1) is 16.3. The normalized spacial score (nSPS) is 22.5. The molecular weight excluding hydrogens is 312 g/mol. The predicted octanol–water partition coefficient (Wildman–Crippen LogP) is 6.39. The van der Waals surface area contributed by atoms with E-state index in [-0.39, 0.29) is 0 Å². The maximum atomic E-state index is 6.32. The molecule has 0 N–H and O–H groups in total. The standard InChI is InChI=1S/C22H30OS/c1-24(15-7-8-16-24)22-14-13-21(19-11-5-6-12-20(19)22)23-17-18-9-3-2-4-10-18/h5-6,11-14,18H,2-4,7-10,15-17H2,1H3. The fourth-order valence-corrected chi connectivity index (χ4v) is 7.96. The molecule has 0 radical (unpaired) electrons. The highest BCUT2D eigenvalue weighted by Crippen LogP contribution is 2.59. The van der Waals surface area contributed by atoms with Crippen LogP contribution in [0.1, 0.15) is 44.9 Å². The molecule has 1 saturated carbocycles. The average molecular weight is 343 g/mol. The first-order valence-electron chi connectivity index (χ1n) is 9.65. The number of fused-ring (bicyclic) bond motifs is 1. The van der Waals surface area contributed by atoms with Crippen molar-refractivity contribution in [1.82, 2.24) is 0 Å². The molecule has 1 nitrogen and oxygen atoms in total. The van der Waals surface area contributed by atoms with Crippen molar-refractivity contribution in [2.75, 3.05) is 24.4 Å². The Morgan fingerprint density at radius 1 is 0.875 bits per heavy atom. The SMILES string of the molecule is CS1(c2ccc(OCC3CCCCC3)c3ccccc23)CCCC1. The summed E-state index contributed by atoms with van der Waals surface area (Å²) >= 11 is 0. The molecule has 0 amide bonds. The van der Waals surface area contributed by atoms with Gasteiger partial charge in [0.05, 0.1) is 6.61 Å². The second-order valence-corrected chi connectivity index (χ2v) is 11.6. The lowest BCUT2D eigenvalue weighted by molar-refractivity contribution is 0.210. The summed E-state index contributed by atoms with van der Waals surface area (Å²) < 4.78 is 6.32. The summed E-state index contributed by atoms with van der Waals surface area (Å²) in [7, 11) is -0.617.